The summed E-state index contributed by atoms with van der Waals surface area (Å²) < 4.78 is 0. The van der Waals surface area contributed by atoms with Crippen molar-refractivity contribution in [2.24, 2.45) is 0 Å². The minimum Gasteiger partial charge on any atom is -0.0622 e. The highest BCUT2D eigenvalue weighted by Gasteiger charge is 2.28. The summed E-state index contributed by atoms with van der Waals surface area (Å²) in [4.78, 5) is 0. The van der Waals surface area contributed by atoms with Crippen molar-refractivity contribution in [1.29, 1.82) is 0 Å². The Labute approximate surface area is 370 Å². The van der Waals surface area contributed by atoms with Crippen molar-refractivity contribution in [3.05, 3.63) is 231 Å². The van der Waals surface area contributed by atoms with Gasteiger partial charge in [-0.2, -0.15) is 0 Å². The molecule has 0 aliphatic carbocycles. The first-order valence-electron chi connectivity index (χ1n) is 22.3. The number of hydrogen-bond acceptors (Lipinski definition) is 0. The highest BCUT2D eigenvalue weighted by atomic mass is 14.3. The molecule has 0 heteroatoms. The van der Waals surface area contributed by atoms with Crippen molar-refractivity contribution < 1.29 is 0 Å². The molecule has 0 spiro atoms. The van der Waals surface area contributed by atoms with Crippen LogP contribution in [0.4, 0.5) is 0 Å². The highest BCUT2D eigenvalue weighted by molar-refractivity contribution is 6.45. The number of benzene rings is 12. The van der Waals surface area contributed by atoms with Crippen molar-refractivity contribution in [1.82, 2.24) is 0 Å². The monoisotopic (exact) mass is 806 g/mol. The molecule has 64 heavy (non-hydrogen) atoms. The van der Waals surface area contributed by atoms with Gasteiger partial charge in [-0.15, -0.1) is 0 Å². The third kappa shape index (κ3) is 4.94. The molecule has 0 unspecified atom stereocenters. The number of fused-ring (bicyclic) bond motifs is 9. The highest BCUT2D eigenvalue weighted by Crippen LogP contribution is 2.56. The van der Waals surface area contributed by atoms with Gasteiger partial charge in [-0.3, -0.25) is 0 Å². The van der Waals surface area contributed by atoms with Gasteiger partial charge < -0.3 is 0 Å². The molecule has 0 fully saturated rings. The van der Waals surface area contributed by atoms with Crippen molar-refractivity contribution in [3.8, 4) is 55.6 Å². The molecule has 0 N–H and O–H groups in total. The van der Waals surface area contributed by atoms with Crippen LogP contribution in [0.15, 0.2) is 231 Å². The van der Waals surface area contributed by atoms with E-state index in [1.807, 2.05) is 0 Å². The molecule has 0 aliphatic heterocycles. The van der Waals surface area contributed by atoms with E-state index >= 15 is 0 Å². The zero-order valence-corrected chi connectivity index (χ0v) is 34.9. The second kappa shape index (κ2) is 13.6. The van der Waals surface area contributed by atoms with Gasteiger partial charge in [0.2, 0.25) is 0 Å². The lowest BCUT2D eigenvalue weighted by atomic mass is 9.82. The lowest BCUT2D eigenvalue weighted by Gasteiger charge is -2.20. The molecule has 14 aromatic carbocycles. The third-order valence-corrected chi connectivity index (χ3v) is 14.1. The summed E-state index contributed by atoms with van der Waals surface area (Å²) in [5.74, 6) is 0. The number of hydrogen-bond donors (Lipinski definition) is 0. The Balaban J connectivity index is 1.20. The predicted octanol–water partition coefficient (Wildman–Crippen LogP) is 18.1. The molecule has 0 aliphatic rings. The van der Waals surface area contributed by atoms with E-state index in [9.17, 15) is 0 Å². The molecule has 0 heterocycles. The molecule has 0 amide bonds. The molecule has 0 aromatic heterocycles. The van der Waals surface area contributed by atoms with E-state index < -0.39 is 0 Å². The molecule has 0 atom stereocenters. The molecular weight excluding hydrogens is 769 g/mol. The minimum absolute atomic E-state index is 1.21. The van der Waals surface area contributed by atoms with E-state index in [-0.39, 0.29) is 0 Å². The molecule has 14 rings (SSSR count). The molecule has 0 bridgehead atoms. The quantitative estimate of drug-likeness (QED) is 0.152. The zero-order valence-electron chi connectivity index (χ0n) is 34.9. The Morgan fingerprint density at radius 3 is 1.45 bits per heavy atom. The average Bonchev–Trinajstić information content (AvgIpc) is 3.88. The fourth-order valence-electron chi connectivity index (χ4n) is 11.5. The lowest BCUT2D eigenvalue weighted by Crippen LogP contribution is -1.93. The van der Waals surface area contributed by atoms with Gasteiger partial charge in [0, 0.05) is 0 Å². The van der Waals surface area contributed by atoms with Gasteiger partial charge in [-0.25, -0.2) is 0 Å². The normalized spacial score (nSPS) is 12.1. The van der Waals surface area contributed by atoms with Gasteiger partial charge in [-0.1, -0.05) is 218 Å². The molecule has 0 nitrogen and oxygen atoms in total. The maximum Gasteiger partial charge on any atom is -0.000718 e. The maximum absolute atomic E-state index is 2.55. The molecule has 0 saturated heterocycles. The van der Waals surface area contributed by atoms with Crippen molar-refractivity contribution >= 4 is 86.2 Å². The Bertz CT molecular complexity index is 4140. The zero-order chi connectivity index (χ0) is 41.9. The second-order valence-electron chi connectivity index (χ2n) is 17.4. The summed E-state index contributed by atoms with van der Waals surface area (Å²) in [7, 11) is 0. The van der Waals surface area contributed by atoms with Crippen LogP contribution in [0.2, 0.25) is 0 Å². The first-order valence-corrected chi connectivity index (χ1v) is 22.3. The van der Waals surface area contributed by atoms with Crippen LogP contribution in [0, 0.1) is 0 Å². The summed E-state index contributed by atoms with van der Waals surface area (Å²) in [6.45, 7) is 0. The molecule has 0 radical (unpaired) electrons. The van der Waals surface area contributed by atoms with Crippen LogP contribution in [0.5, 0.6) is 0 Å². The fraction of sp³-hybridized carbons (Fsp3) is 0. The maximum atomic E-state index is 2.55. The molecular formula is C64H38. The molecule has 0 saturated carbocycles. The van der Waals surface area contributed by atoms with Crippen LogP contribution >= 0.6 is 0 Å². The van der Waals surface area contributed by atoms with E-state index in [0.29, 0.717) is 0 Å². The van der Waals surface area contributed by atoms with Crippen LogP contribution in [0.25, 0.3) is 142 Å². The average molecular weight is 807 g/mol. The van der Waals surface area contributed by atoms with Crippen LogP contribution in [0.3, 0.4) is 0 Å². The topological polar surface area (TPSA) is 0 Å². The van der Waals surface area contributed by atoms with Crippen LogP contribution in [0.1, 0.15) is 0 Å². The summed E-state index contributed by atoms with van der Waals surface area (Å²) >= 11 is 0. The van der Waals surface area contributed by atoms with Gasteiger partial charge in [-0.05, 0) is 154 Å². The van der Waals surface area contributed by atoms with Crippen molar-refractivity contribution in [2.75, 3.05) is 0 Å². The van der Waals surface area contributed by atoms with Crippen molar-refractivity contribution in [2.45, 2.75) is 0 Å². The number of rotatable bonds is 5. The van der Waals surface area contributed by atoms with Gasteiger partial charge in [0.15, 0.2) is 0 Å². The van der Waals surface area contributed by atoms with Crippen LogP contribution in [-0.4, -0.2) is 0 Å². The SMILES string of the molecule is c1ccc(-c2ccc3cccc(-c4ccc5c6c(-c7ccccc7-c7ccccc7)c7cc8c9ccccc9c9cccc(c7c(-c7ccccc7)c6c6cccc4c56)c98)c3c2)cc1. The standard InChI is InChI=1S/C64H38/c1-4-17-39(18-5-1)43-34-33-41-23-14-28-46(55(41)37-43)48-35-36-54-59-51(48)30-16-32-53(59)63-58(42-21-8-3-9-22-42)62-52-31-15-29-50-45-25-11-12-26-47(45)56(60(50)52)38-57(62)61(64(54)63)49-27-13-10-24-44(49)40-19-6-2-7-20-40/h1-38H. The first-order chi connectivity index (χ1) is 31.8. The molecule has 14 aromatic rings. The van der Waals surface area contributed by atoms with Crippen LogP contribution in [-0.2, 0) is 0 Å². The third-order valence-electron chi connectivity index (χ3n) is 14.1. The summed E-state index contributed by atoms with van der Waals surface area (Å²) in [5, 5.41) is 20.8. The van der Waals surface area contributed by atoms with E-state index in [4.69, 9.17) is 0 Å². The van der Waals surface area contributed by atoms with E-state index in [1.54, 1.807) is 0 Å². The largest absolute Gasteiger partial charge is 0.0622 e. The van der Waals surface area contributed by atoms with Gasteiger partial charge in [0.05, 0.1) is 0 Å². The molecule has 294 valence electrons. The second-order valence-corrected chi connectivity index (χ2v) is 17.4. The Morgan fingerprint density at radius 1 is 0.172 bits per heavy atom. The Kier molecular flexibility index (Phi) is 7.49. The van der Waals surface area contributed by atoms with Gasteiger partial charge in [0.25, 0.3) is 0 Å². The van der Waals surface area contributed by atoms with E-state index in [2.05, 4.69) is 231 Å². The van der Waals surface area contributed by atoms with Gasteiger partial charge >= 0.3 is 0 Å². The fourth-order valence-corrected chi connectivity index (χ4v) is 11.5. The summed E-state index contributed by atoms with van der Waals surface area (Å²) in [6, 6.07) is 86.1. The van der Waals surface area contributed by atoms with Crippen LogP contribution < -0.4 is 0 Å². The lowest BCUT2D eigenvalue weighted by molar-refractivity contribution is 1.61. The van der Waals surface area contributed by atoms with E-state index in [1.165, 1.54) is 142 Å². The Hall–Kier alpha value is -8.32. The van der Waals surface area contributed by atoms with E-state index in [0.717, 1.165) is 0 Å². The predicted molar refractivity (Wildman–Crippen MR) is 276 cm³/mol. The summed E-state index contributed by atoms with van der Waals surface area (Å²) in [6.07, 6.45) is 0. The first kappa shape index (κ1) is 35.3. The van der Waals surface area contributed by atoms with Crippen molar-refractivity contribution in [3.63, 3.8) is 0 Å². The smallest absolute Gasteiger partial charge is 0.000718 e. The minimum atomic E-state index is 1.21. The Morgan fingerprint density at radius 2 is 0.688 bits per heavy atom. The van der Waals surface area contributed by atoms with Gasteiger partial charge in [0.1, 0.15) is 0 Å². The summed E-state index contributed by atoms with van der Waals surface area (Å²) in [5.41, 5.74) is 12.5.